The standard InChI is InChI=1S/C17H20N2O2/c1-12-7-3-2-6-10-19(12)16-11-14(17(20)21)13-8-4-5-9-15(13)18-16/h4-5,8-9,11-12H,2-3,6-7,10H2,1H3,(H,20,21). The first-order chi connectivity index (χ1) is 10.2. The molecule has 0 bridgehead atoms. The molecule has 1 N–H and O–H groups in total. The summed E-state index contributed by atoms with van der Waals surface area (Å²) in [5.74, 6) is -0.0992. The summed E-state index contributed by atoms with van der Waals surface area (Å²) in [4.78, 5) is 18.5. The highest BCUT2D eigenvalue weighted by Gasteiger charge is 2.21. The van der Waals surface area contributed by atoms with Crippen molar-refractivity contribution in [3.63, 3.8) is 0 Å². The number of hydrogen-bond donors (Lipinski definition) is 1. The molecular weight excluding hydrogens is 264 g/mol. The van der Waals surface area contributed by atoms with Gasteiger partial charge in [-0.3, -0.25) is 0 Å². The zero-order valence-electron chi connectivity index (χ0n) is 12.2. The molecule has 0 radical (unpaired) electrons. The van der Waals surface area contributed by atoms with Crippen LogP contribution in [0.1, 0.15) is 43.0 Å². The van der Waals surface area contributed by atoms with Crippen molar-refractivity contribution in [2.24, 2.45) is 0 Å². The number of fused-ring (bicyclic) bond motifs is 1. The first-order valence-corrected chi connectivity index (χ1v) is 7.56. The van der Waals surface area contributed by atoms with Crippen LogP contribution in [-0.4, -0.2) is 28.6 Å². The third-order valence-electron chi connectivity index (χ3n) is 4.28. The van der Waals surface area contributed by atoms with E-state index in [0.717, 1.165) is 30.7 Å². The van der Waals surface area contributed by atoms with Gasteiger partial charge in [-0.15, -0.1) is 0 Å². The molecule has 0 saturated carbocycles. The second kappa shape index (κ2) is 5.72. The number of hydrogen-bond acceptors (Lipinski definition) is 3. The Morgan fingerprint density at radius 3 is 2.90 bits per heavy atom. The number of para-hydroxylation sites is 1. The highest BCUT2D eigenvalue weighted by atomic mass is 16.4. The first kappa shape index (κ1) is 13.9. The molecule has 1 aliphatic heterocycles. The minimum absolute atomic E-state index is 0.340. The lowest BCUT2D eigenvalue weighted by Gasteiger charge is -2.28. The zero-order valence-corrected chi connectivity index (χ0v) is 12.2. The van der Waals surface area contributed by atoms with Crippen LogP contribution in [0.25, 0.3) is 10.9 Å². The van der Waals surface area contributed by atoms with Crippen LogP contribution in [0.15, 0.2) is 30.3 Å². The number of rotatable bonds is 2. The smallest absolute Gasteiger partial charge is 0.336 e. The van der Waals surface area contributed by atoms with Crippen LogP contribution in [0.2, 0.25) is 0 Å². The third kappa shape index (κ3) is 2.71. The molecule has 1 atom stereocenters. The van der Waals surface area contributed by atoms with Crippen molar-refractivity contribution in [3.05, 3.63) is 35.9 Å². The van der Waals surface area contributed by atoms with Gasteiger partial charge in [0.2, 0.25) is 0 Å². The van der Waals surface area contributed by atoms with E-state index >= 15 is 0 Å². The van der Waals surface area contributed by atoms with Crippen LogP contribution >= 0.6 is 0 Å². The molecule has 0 amide bonds. The third-order valence-corrected chi connectivity index (χ3v) is 4.28. The van der Waals surface area contributed by atoms with E-state index in [0.29, 0.717) is 17.0 Å². The summed E-state index contributed by atoms with van der Waals surface area (Å²) < 4.78 is 0. The summed E-state index contributed by atoms with van der Waals surface area (Å²) >= 11 is 0. The molecule has 1 unspecified atom stereocenters. The SMILES string of the molecule is CC1CCCCCN1c1cc(C(=O)O)c2ccccc2n1. The summed E-state index contributed by atoms with van der Waals surface area (Å²) in [6.07, 6.45) is 4.75. The van der Waals surface area contributed by atoms with Crippen molar-refractivity contribution in [2.75, 3.05) is 11.4 Å². The number of carboxylic acid groups (broad SMARTS) is 1. The van der Waals surface area contributed by atoms with Crippen LogP contribution < -0.4 is 4.90 Å². The maximum atomic E-state index is 11.6. The van der Waals surface area contributed by atoms with Gasteiger partial charge in [0.1, 0.15) is 5.82 Å². The van der Waals surface area contributed by atoms with Crippen LogP contribution in [0.4, 0.5) is 5.82 Å². The molecule has 21 heavy (non-hydrogen) atoms. The number of aromatic carboxylic acids is 1. The van der Waals surface area contributed by atoms with Gasteiger partial charge in [0, 0.05) is 18.0 Å². The summed E-state index contributed by atoms with van der Waals surface area (Å²) in [5, 5.41) is 10.2. The van der Waals surface area contributed by atoms with E-state index in [-0.39, 0.29) is 0 Å². The number of anilines is 1. The molecule has 4 nitrogen and oxygen atoms in total. The highest BCUT2D eigenvalue weighted by Crippen LogP contribution is 2.27. The van der Waals surface area contributed by atoms with Crippen LogP contribution in [0, 0.1) is 0 Å². The van der Waals surface area contributed by atoms with E-state index in [2.05, 4.69) is 11.8 Å². The number of carbonyl (C=O) groups is 1. The van der Waals surface area contributed by atoms with Gasteiger partial charge in [0.25, 0.3) is 0 Å². The summed E-state index contributed by atoms with van der Waals surface area (Å²) in [6.45, 7) is 3.15. The Kier molecular flexibility index (Phi) is 3.78. The van der Waals surface area contributed by atoms with Gasteiger partial charge < -0.3 is 10.0 Å². The lowest BCUT2D eigenvalue weighted by molar-refractivity contribution is 0.0699. The molecule has 2 heterocycles. The molecular formula is C17H20N2O2. The lowest BCUT2D eigenvalue weighted by atomic mass is 10.1. The average molecular weight is 284 g/mol. The van der Waals surface area contributed by atoms with Crippen molar-refractivity contribution in [2.45, 2.75) is 38.6 Å². The monoisotopic (exact) mass is 284 g/mol. The molecule has 0 aliphatic carbocycles. The second-order valence-corrected chi connectivity index (χ2v) is 5.74. The molecule has 0 spiro atoms. The average Bonchev–Trinajstić information content (AvgIpc) is 2.70. The van der Waals surface area contributed by atoms with Gasteiger partial charge in [-0.1, -0.05) is 31.0 Å². The van der Waals surface area contributed by atoms with Crippen LogP contribution in [-0.2, 0) is 0 Å². The largest absolute Gasteiger partial charge is 0.478 e. The van der Waals surface area contributed by atoms with E-state index in [4.69, 9.17) is 4.98 Å². The fourth-order valence-electron chi connectivity index (χ4n) is 3.10. The van der Waals surface area contributed by atoms with Gasteiger partial charge >= 0.3 is 5.97 Å². The van der Waals surface area contributed by atoms with Gasteiger partial charge in [-0.05, 0) is 31.9 Å². The Bertz CT molecular complexity index is 669. The van der Waals surface area contributed by atoms with E-state index in [1.807, 2.05) is 24.3 Å². The van der Waals surface area contributed by atoms with E-state index < -0.39 is 5.97 Å². The predicted molar refractivity (Wildman–Crippen MR) is 84.0 cm³/mol. The van der Waals surface area contributed by atoms with Crippen LogP contribution in [0.5, 0.6) is 0 Å². The maximum Gasteiger partial charge on any atom is 0.336 e. The number of benzene rings is 1. The van der Waals surface area contributed by atoms with Gasteiger partial charge in [0.05, 0.1) is 11.1 Å². The van der Waals surface area contributed by atoms with E-state index in [1.165, 1.54) is 12.8 Å². The first-order valence-electron chi connectivity index (χ1n) is 7.56. The summed E-state index contributed by atoms with van der Waals surface area (Å²) in [6, 6.07) is 9.59. The van der Waals surface area contributed by atoms with Crippen molar-refractivity contribution in [3.8, 4) is 0 Å². The highest BCUT2D eigenvalue weighted by molar-refractivity contribution is 6.03. The van der Waals surface area contributed by atoms with Crippen molar-refractivity contribution in [1.29, 1.82) is 0 Å². The molecule has 110 valence electrons. The lowest BCUT2D eigenvalue weighted by Crippen LogP contribution is -2.33. The molecule has 2 aromatic rings. The van der Waals surface area contributed by atoms with Gasteiger partial charge in [0.15, 0.2) is 0 Å². The number of carboxylic acids is 1. The number of pyridine rings is 1. The molecule has 1 aromatic carbocycles. The summed E-state index contributed by atoms with van der Waals surface area (Å²) in [5.41, 5.74) is 1.09. The van der Waals surface area contributed by atoms with Crippen LogP contribution in [0.3, 0.4) is 0 Å². The van der Waals surface area contributed by atoms with Crippen molar-refractivity contribution >= 4 is 22.7 Å². The molecule has 1 saturated heterocycles. The van der Waals surface area contributed by atoms with E-state index in [9.17, 15) is 9.90 Å². The predicted octanol–water partition coefficient (Wildman–Crippen LogP) is 3.70. The Labute approximate surface area is 124 Å². The molecule has 3 rings (SSSR count). The van der Waals surface area contributed by atoms with Gasteiger partial charge in [-0.2, -0.15) is 0 Å². The molecule has 1 fully saturated rings. The Morgan fingerprint density at radius 1 is 1.29 bits per heavy atom. The Balaban J connectivity index is 2.12. The normalized spacial score (nSPS) is 19.5. The van der Waals surface area contributed by atoms with Crippen molar-refractivity contribution in [1.82, 2.24) is 4.98 Å². The van der Waals surface area contributed by atoms with Crippen molar-refractivity contribution < 1.29 is 9.90 Å². The molecule has 1 aliphatic rings. The van der Waals surface area contributed by atoms with E-state index in [1.54, 1.807) is 6.07 Å². The quantitative estimate of drug-likeness (QED) is 0.913. The fourth-order valence-corrected chi connectivity index (χ4v) is 3.10. The minimum atomic E-state index is -0.891. The number of aromatic nitrogens is 1. The maximum absolute atomic E-state index is 11.6. The second-order valence-electron chi connectivity index (χ2n) is 5.74. The molecule has 4 heteroatoms. The fraction of sp³-hybridized carbons (Fsp3) is 0.412. The number of nitrogens with zero attached hydrogens (tertiary/aromatic N) is 2. The molecule has 1 aromatic heterocycles. The Morgan fingerprint density at radius 2 is 2.10 bits per heavy atom. The minimum Gasteiger partial charge on any atom is -0.478 e. The topological polar surface area (TPSA) is 53.4 Å². The van der Waals surface area contributed by atoms with Gasteiger partial charge in [-0.25, -0.2) is 9.78 Å². The summed E-state index contributed by atoms with van der Waals surface area (Å²) in [7, 11) is 0. The zero-order chi connectivity index (χ0) is 14.8. The Hall–Kier alpha value is -2.10.